The van der Waals surface area contributed by atoms with Crippen LogP contribution in [0.1, 0.15) is 39.5 Å². The summed E-state index contributed by atoms with van der Waals surface area (Å²) in [6, 6.07) is 0.229. The van der Waals surface area contributed by atoms with Gasteiger partial charge >= 0.3 is 0 Å². The Hall–Kier alpha value is -0.570. The van der Waals surface area contributed by atoms with Crippen molar-refractivity contribution in [2.75, 3.05) is 0 Å². The van der Waals surface area contributed by atoms with Crippen LogP contribution >= 0.6 is 0 Å². The van der Waals surface area contributed by atoms with Gasteiger partial charge in [0.05, 0.1) is 12.1 Å². The first kappa shape index (κ1) is 9.97. The van der Waals surface area contributed by atoms with Crippen LogP contribution in [0.5, 0.6) is 0 Å². The molecule has 2 aliphatic rings. The Morgan fingerprint density at radius 2 is 2.29 bits per heavy atom. The zero-order valence-electron chi connectivity index (χ0n) is 8.94. The van der Waals surface area contributed by atoms with Crippen LogP contribution in [-0.2, 0) is 4.74 Å². The molecule has 0 aromatic carbocycles. The van der Waals surface area contributed by atoms with Gasteiger partial charge in [0.1, 0.15) is 6.10 Å². The Bertz CT molecular complexity index is 237. The fourth-order valence-corrected chi connectivity index (χ4v) is 2.21. The number of ether oxygens (including phenoxy) is 1. The number of hydrogen-bond acceptors (Lipinski definition) is 3. The minimum atomic E-state index is -0.165. The molecule has 2 rings (SSSR count). The summed E-state index contributed by atoms with van der Waals surface area (Å²) in [6.07, 6.45) is 3.63. The minimum Gasteiger partial charge on any atom is -0.475 e. The van der Waals surface area contributed by atoms with Crippen molar-refractivity contribution < 1.29 is 9.84 Å². The summed E-state index contributed by atoms with van der Waals surface area (Å²) in [5.74, 6) is 1.50. The Morgan fingerprint density at radius 1 is 1.50 bits per heavy atom. The van der Waals surface area contributed by atoms with E-state index in [-0.39, 0.29) is 18.2 Å². The second-order valence-corrected chi connectivity index (χ2v) is 4.81. The molecule has 1 aliphatic heterocycles. The first-order chi connectivity index (χ1) is 6.65. The maximum Gasteiger partial charge on any atom is 0.184 e. The van der Waals surface area contributed by atoms with Gasteiger partial charge in [0.15, 0.2) is 5.90 Å². The van der Waals surface area contributed by atoms with E-state index in [1.807, 2.05) is 0 Å². The highest BCUT2D eigenvalue weighted by Gasteiger charge is 2.36. The van der Waals surface area contributed by atoms with Crippen molar-refractivity contribution in [2.45, 2.75) is 57.8 Å². The molecule has 3 unspecified atom stereocenters. The molecule has 3 atom stereocenters. The third kappa shape index (κ3) is 2.08. The van der Waals surface area contributed by atoms with Gasteiger partial charge in [-0.15, -0.1) is 0 Å². The number of rotatable bonds is 2. The minimum absolute atomic E-state index is 0.165. The number of aliphatic hydroxyl groups is 1. The highest BCUT2D eigenvalue weighted by atomic mass is 16.5. The number of aliphatic imine (C=N–C) groups is 1. The summed E-state index contributed by atoms with van der Waals surface area (Å²) in [7, 11) is 0. The summed E-state index contributed by atoms with van der Waals surface area (Å²) in [5.41, 5.74) is 0. The average molecular weight is 197 g/mol. The van der Waals surface area contributed by atoms with E-state index in [9.17, 15) is 5.11 Å². The van der Waals surface area contributed by atoms with Crippen LogP contribution in [0, 0.1) is 5.92 Å². The molecule has 0 aromatic rings. The lowest BCUT2D eigenvalue weighted by molar-refractivity contribution is 0.0610. The predicted molar refractivity (Wildman–Crippen MR) is 55.4 cm³/mol. The Balaban J connectivity index is 1.95. The zero-order chi connectivity index (χ0) is 10.1. The molecule has 1 aliphatic carbocycles. The molecule has 0 bridgehead atoms. The normalized spacial score (nSPS) is 36.6. The van der Waals surface area contributed by atoms with Crippen LogP contribution in [0.2, 0.25) is 0 Å². The molecule has 80 valence electrons. The van der Waals surface area contributed by atoms with Gasteiger partial charge in [-0.1, -0.05) is 13.8 Å². The van der Waals surface area contributed by atoms with E-state index in [4.69, 9.17) is 4.74 Å². The van der Waals surface area contributed by atoms with Gasteiger partial charge in [0, 0.05) is 6.42 Å². The molecule has 0 saturated heterocycles. The van der Waals surface area contributed by atoms with Gasteiger partial charge < -0.3 is 9.84 Å². The first-order valence-corrected chi connectivity index (χ1v) is 5.56. The highest BCUT2D eigenvalue weighted by molar-refractivity contribution is 5.78. The monoisotopic (exact) mass is 197 g/mol. The molecule has 14 heavy (non-hydrogen) atoms. The molecule has 3 nitrogen and oxygen atoms in total. The van der Waals surface area contributed by atoms with Crippen LogP contribution in [0.3, 0.4) is 0 Å². The number of nitrogens with zero attached hydrogens (tertiary/aromatic N) is 1. The molecule has 0 spiro atoms. The Morgan fingerprint density at radius 3 is 3.00 bits per heavy atom. The Kier molecular flexibility index (Phi) is 2.77. The maximum atomic E-state index is 9.50. The van der Waals surface area contributed by atoms with Crippen LogP contribution in [0.4, 0.5) is 0 Å². The molecular weight excluding hydrogens is 178 g/mol. The average Bonchev–Trinajstić information content (AvgIpc) is 2.44. The van der Waals surface area contributed by atoms with E-state index in [0.29, 0.717) is 5.92 Å². The van der Waals surface area contributed by atoms with Gasteiger partial charge in [0.2, 0.25) is 0 Å². The van der Waals surface area contributed by atoms with E-state index in [1.165, 1.54) is 0 Å². The molecule has 1 fully saturated rings. The van der Waals surface area contributed by atoms with Crippen molar-refractivity contribution in [3.8, 4) is 0 Å². The third-order valence-corrected chi connectivity index (χ3v) is 2.91. The van der Waals surface area contributed by atoms with Crippen LogP contribution in [-0.4, -0.2) is 29.3 Å². The lowest BCUT2D eigenvalue weighted by Gasteiger charge is -2.26. The van der Waals surface area contributed by atoms with Crippen molar-refractivity contribution in [3.63, 3.8) is 0 Å². The summed E-state index contributed by atoms with van der Waals surface area (Å²) in [5, 5.41) is 9.50. The molecule has 1 saturated carbocycles. The molecule has 0 radical (unpaired) electrons. The van der Waals surface area contributed by atoms with E-state index in [0.717, 1.165) is 31.6 Å². The molecule has 3 heteroatoms. The first-order valence-electron chi connectivity index (χ1n) is 5.56. The van der Waals surface area contributed by atoms with Crippen molar-refractivity contribution >= 4 is 5.90 Å². The van der Waals surface area contributed by atoms with Gasteiger partial charge in [-0.05, 0) is 25.2 Å². The van der Waals surface area contributed by atoms with Gasteiger partial charge in [0.25, 0.3) is 0 Å². The standard InChI is InChI=1S/C11H19NO2/c1-7(2)5-11-12-9-6-8(13)3-4-10(9)14-11/h7-10,13H,3-6H2,1-2H3. The van der Waals surface area contributed by atoms with E-state index in [2.05, 4.69) is 18.8 Å². The van der Waals surface area contributed by atoms with E-state index in [1.54, 1.807) is 0 Å². The predicted octanol–water partition coefficient (Wildman–Crippen LogP) is 1.74. The maximum absolute atomic E-state index is 9.50. The van der Waals surface area contributed by atoms with Crippen molar-refractivity contribution in [2.24, 2.45) is 10.9 Å². The summed E-state index contributed by atoms with van der Waals surface area (Å²) in [4.78, 5) is 4.54. The van der Waals surface area contributed by atoms with E-state index >= 15 is 0 Å². The smallest absolute Gasteiger partial charge is 0.184 e. The molecule has 0 aromatic heterocycles. The number of hydrogen-bond donors (Lipinski definition) is 1. The molecular formula is C11H19NO2. The third-order valence-electron chi connectivity index (χ3n) is 2.91. The van der Waals surface area contributed by atoms with Crippen LogP contribution < -0.4 is 0 Å². The topological polar surface area (TPSA) is 41.8 Å². The lowest BCUT2D eigenvalue weighted by Crippen LogP contribution is -2.33. The van der Waals surface area contributed by atoms with Crippen LogP contribution in [0.15, 0.2) is 4.99 Å². The SMILES string of the molecule is CC(C)CC1=NC2CC(O)CCC2O1. The van der Waals surface area contributed by atoms with Crippen LogP contribution in [0.25, 0.3) is 0 Å². The fourth-order valence-electron chi connectivity index (χ4n) is 2.21. The number of fused-ring (bicyclic) bond motifs is 1. The van der Waals surface area contributed by atoms with E-state index < -0.39 is 0 Å². The largest absolute Gasteiger partial charge is 0.475 e. The summed E-state index contributed by atoms with van der Waals surface area (Å²) in [6.45, 7) is 4.34. The Labute approximate surface area is 85.2 Å². The molecule has 1 N–H and O–H groups in total. The highest BCUT2D eigenvalue weighted by Crippen LogP contribution is 2.30. The summed E-state index contributed by atoms with van der Waals surface area (Å²) >= 11 is 0. The van der Waals surface area contributed by atoms with Gasteiger partial charge in [-0.3, -0.25) is 0 Å². The van der Waals surface area contributed by atoms with Crippen molar-refractivity contribution in [1.29, 1.82) is 0 Å². The number of aliphatic hydroxyl groups excluding tert-OH is 1. The summed E-state index contributed by atoms with van der Waals surface area (Å²) < 4.78 is 5.76. The van der Waals surface area contributed by atoms with Crippen molar-refractivity contribution in [1.82, 2.24) is 0 Å². The lowest BCUT2D eigenvalue weighted by atomic mass is 9.91. The van der Waals surface area contributed by atoms with Gasteiger partial charge in [-0.25, -0.2) is 4.99 Å². The molecule has 1 heterocycles. The fraction of sp³-hybridized carbons (Fsp3) is 0.909. The molecule has 0 amide bonds. The van der Waals surface area contributed by atoms with Crippen molar-refractivity contribution in [3.05, 3.63) is 0 Å². The zero-order valence-corrected chi connectivity index (χ0v) is 8.94. The second kappa shape index (κ2) is 3.89. The second-order valence-electron chi connectivity index (χ2n) is 4.81. The quantitative estimate of drug-likeness (QED) is 0.732. The van der Waals surface area contributed by atoms with Gasteiger partial charge in [-0.2, -0.15) is 0 Å².